The zero-order valence-electron chi connectivity index (χ0n) is 10.9. The second-order valence-electron chi connectivity index (χ2n) is 5.68. The van der Waals surface area contributed by atoms with Gasteiger partial charge in [0.05, 0.1) is 6.10 Å². The van der Waals surface area contributed by atoms with Crippen molar-refractivity contribution in [3.8, 4) is 0 Å². The van der Waals surface area contributed by atoms with Crippen LogP contribution in [0.2, 0.25) is 0 Å². The van der Waals surface area contributed by atoms with Crippen molar-refractivity contribution in [3.05, 3.63) is 34.9 Å². The molecule has 2 rings (SSSR count). The first-order chi connectivity index (χ1) is 7.86. The fourth-order valence-corrected chi connectivity index (χ4v) is 2.78. The van der Waals surface area contributed by atoms with E-state index in [9.17, 15) is 9.90 Å². The lowest BCUT2D eigenvalue weighted by Crippen LogP contribution is -2.40. The van der Waals surface area contributed by atoms with Gasteiger partial charge in [0.1, 0.15) is 0 Å². The second-order valence-corrected chi connectivity index (χ2v) is 5.68. The maximum absolute atomic E-state index is 12.0. The predicted molar refractivity (Wildman–Crippen MR) is 68.5 cm³/mol. The lowest BCUT2D eigenvalue weighted by atomic mass is 9.60. The lowest BCUT2D eigenvalue weighted by Gasteiger charge is -2.44. The fourth-order valence-electron chi connectivity index (χ4n) is 2.78. The van der Waals surface area contributed by atoms with Crippen LogP contribution in [-0.2, 0) is 4.79 Å². The number of hydrogen-bond donors (Lipinski definition) is 1. The summed E-state index contributed by atoms with van der Waals surface area (Å²) in [6, 6.07) is 0. The quantitative estimate of drug-likeness (QED) is 0.652. The van der Waals surface area contributed by atoms with Crippen LogP contribution in [0.1, 0.15) is 34.1 Å². The van der Waals surface area contributed by atoms with Crippen LogP contribution in [-0.4, -0.2) is 17.0 Å². The monoisotopic (exact) mass is 232 g/mol. The number of rotatable bonds is 0. The van der Waals surface area contributed by atoms with Crippen LogP contribution in [0.3, 0.4) is 0 Å². The smallest absolute Gasteiger partial charge is 0.182 e. The molecular weight excluding hydrogens is 212 g/mol. The Morgan fingerprint density at radius 3 is 2.71 bits per heavy atom. The second kappa shape index (κ2) is 3.95. The third kappa shape index (κ3) is 1.81. The number of carbonyl (C=O) groups excluding carboxylic acids is 1. The minimum atomic E-state index is -0.413. The first-order valence-corrected chi connectivity index (χ1v) is 6.15. The molecule has 0 fully saturated rings. The number of hydrogen-bond acceptors (Lipinski definition) is 2. The standard InChI is InChI=1S/C15H20O2/c1-9(2)12-8-15(4)10(3)13(16)6-5-11(15)7-14(12)17/h5-7,10,13,16H,8H2,1-4H3/t10-,13-,15+/m0/s1. The molecule has 0 aromatic rings. The summed E-state index contributed by atoms with van der Waals surface area (Å²) in [6.45, 7) is 8.16. The Hall–Kier alpha value is -1.15. The van der Waals surface area contributed by atoms with Gasteiger partial charge in [-0.15, -0.1) is 0 Å². The topological polar surface area (TPSA) is 37.3 Å². The van der Waals surface area contributed by atoms with Crippen molar-refractivity contribution < 1.29 is 9.90 Å². The van der Waals surface area contributed by atoms with E-state index < -0.39 is 6.10 Å². The fraction of sp³-hybridized carbons (Fsp3) is 0.533. The highest BCUT2D eigenvalue weighted by molar-refractivity contribution is 6.06. The van der Waals surface area contributed by atoms with Crippen molar-refractivity contribution in [3.63, 3.8) is 0 Å². The Morgan fingerprint density at radius 1 is 1.47 bits per heavy atom. The van der Waals surface area contributed by atoms with E-state index in [1.807, 2.05) is 19.9 Å². The van der Waals surface area contributed by atoms with E-state index >= 15 is 0 Å². The summed E-state index contributed by atoms with van der Waals surface area (Å²) < 4.78 is 0. The average Bonchev–Trinajstić information content (AvgIpc) is 2.26. The molecule has 0 radical (unpaired) electrons. The molecule has 0 aromatic carbocycles. The van der Waals surface area contributed by atoms with Crippen molar-refractivity contribution >= 4 is 5.78 Å². The van der Waals surface area contributed by atoms with Crippen LogP contribution in [0.25, 0.3) is 0 Å². The van der Waals surface area contributed by atoms with E-state index in [2.05, 4.69) is 13.8 Å². The summed E-state index contributed by atoms with van der Waals surface area (Å²) in [7, 11) is 0. The molecule has 0 spiro atoms. The number of fused-ring (bicyclic) bond motifs is 1. The molecule has 2 aliphatic carbocycles. The summed E-state index contributed by atoms with van der Waals surface area (Å²) in [5, 5.41) is 9.96. The van der Waals surface area contributed by atoms with Gasteiger partial charge in [-0.2, -0.15) is 0 Å². The van der Waals surface area contributed by atoms with Gasteiger partial charge < -0.3 is 5.11 Å². The molecular formula is C15H20O2. The lowest BCUT2D eigenvalue weighted by molar-refractivity contribution is -0.112. The Morgan fingerprint density at radius 2 is 2.12 bits per heavy atom. The van der Waals surface area contributed by atoms with E-state index in [-0.39, 0.29) is 17.1 Å². The van der Waals surface area contributed by atoms with Gasteiger partial charge >= 0.3 is 0 Å². The van der Waals surface area contributed by atoms with E-state index in [0.29, 0.717) is 0 Å². The zero-order valence-corrected chi connectivity index (χ0v) is 10.9. The number of aliphatic hydroxyl groups is 1. The van der Waals surface area contributed by atoms with Crippen LogP contribution < -0.4 is 0 Å². The minimum Gasteiger partial charge on any atom is -0.389 e. The molecule has 0 heterocycles. The van der Waals surface area contributed by atoms with Crippen molar-refractivity contribution in [1.82, 2.24) is 0 Å². The number of ketones is 1. The molecule has 92 valence electrons. The highest BCUT2D eigenvalue weighted by Crippen LogP contribution is 2.49. The van der Waals surface area contributed by atoms with Crippen LogP contribution in [0, 0.1) is 11.3 Å². The van der Waals surface area contributed by atoms with Crippen molar-refractivity contribution in [2.75, 3.05) is 0 Å². The van der Waals surface area contributed by atoms with Crippen LogP contribution >= 0.6 is 0 Å². The van der Waals surface area contributed by atoms with E-state index in [0.717, 1.165) is 23.1 Å². The molecule has 2 aliphatic rings. The van der Waals surface area contributed by atoms with Gasteiger partial charge in [0.15, 0.2) is 5.78 Å². The Kier molecular flexibility index (Phi) is 2.86. The molecule has 0 bridgehead atoms. The van der Waals surface area contributed by atoms with Crippen molar-refractivity contribution in [1.29, 1.82) is 0 Å². The highest BCUT2D eigenvalue weighted by Gasteiger charge is 2.43. The molecule has 0 saturated heterocycles. The third-order valence-corrected chi connectivity index (χ3v) is 4.38. The maximum atomic E-state index is 12.0. The van der Waals surface area contributed by atoms with Gasteiger partial charge in [0.25, 0.3) is 0 Å². The van der Waals surface area contributed by atoms with Gasteiger partial charge in [-0.05, 0) is 43.4 Å². The molecule has 2 heteroatoms. The first-order valence-electron chi connectivity index (χ1n) is 6.15. The summed E-state index contributed by atoms with van der Waals surface area (Å²) in [5.41, 5.74) is 2.94. The van der Waals surface area contributed by atoms with Gasteiger partial charge in [-0.3, -0.25) is 4.79 Å². The summed E-state index contributed by atoms with van der Waals surface area (Å²) >= 11 is 0. The molecule has 0 saturated carbocycles. The maximum Gasteiger partial charge on any atom is 0.182 e. The molecule has 2 nitrogen and oxygen atoms in total. The molecule has 0 aliphatic heterocycles. The van der Waals surface area contributed by atoms with Crippen LogP contribution in [0.15, 0.2) is 34.9 Å². The molecule has 0 unspecified atom stereocenters. The molecule has 0 aromatic heterocycles. The number of aliphatic hydroxyl groups excluding tert-OH is 1. The van der Waals surface area contributed by atoms with Crippen molar-refractivity contribution in [2.24, 2.45) is 11.3 Å². The van der Waals surface area contributed by atoms with Gasteiger partial charge in [-0.25, -0.2) is 0 Å². The Bertz CT molecular complexity index is 450. The highest BCUT2D eigenvalue weighted by atomic mass is 16.3. The largest absolute Gasteiger partial charge is 0.389 e. The molecule has 17 heavy (non-hydrogen) atoms. The normalized spacial score (nSPS) is 36.6. The summed E-state index contributed by atoms with van der Waals surface area (Å²) in [5.74, 6) is 0.270. The Balaban J connectivity index is 2.55. The van der Waals surface area contributed by atoms with Crippen LogP contribution in [0.5, 0.6) is 0 Å². The van der Waals surface area contributed by atoms with E-state index in [1.165, 1.54) is 0 Å². The summed E-state index contributed by atoms with van der Waals surface area (Å²) in [6.07, 6.45) is 5.76. The number of allylic oxidation sites excluding steroid dienone is 5. The zero-order chi connectivity index (χ0) is 12.8. The minimum absolute atomic E-state index is 0.116. The summed E-state index contributed by atoms with van der Waals surface area (Å²) in [4.78, 5) is 12.0. The SMILES string of the molecule is CC(C)=C1C[C@@]2(C)C(=CC1=O)C=C[C@H](O)[C@@H]2C. The third-order valence-electron chi connectivity index (χ3n) is 4.38. The molecule has 0 amide bonds. The van der Waals surface area contributed by atoms with Gasteiger partial charge in [0.2, 0.25) is 0 Å². The van der Waals surface area contributed by atoms with Gasteiger partial charge in [0, 0.05) is 5.41 Å². The molecule has 1 N–H and O–H groups in total. The first kappa shape index (κ1) is 12.3. The molecule has 3 atom stereocenters. The van der Waals surface area contributed by atoms with Gasteiger partial charge in [-0.1, -0.05) is 31.6 Å². The average molecular weight is 232 g/mol. The predicted octanol–water partition coefficient (Wildman–Crippen LogP) is 2.80. The van der Waals surface area contributed by atoms with E-state index in [1.54, 1.807) is 12.2 Å². The number of carbonyl (C=O) groups is 1. The van der Waals surface area contributed by atoms with Crippen molar-refractivity contribution in [2.45, 2.75) is 40.2 Å². The van der Waals surface area contributed by atoms with Crippen LogP contribution in [0.4, 0.5) is 0 Å². The Labute approximate surface area is 103 Å². The van der Waals surface area contributed by atoms with E-state index in [4.69, 9.17) is 0 Å².